The smallest absolute Gasteiger partial charge is 0.0108 e. The molecule has 0 radical (unpaired) electrons. The minimum atomic E-state index is 0.338. The van der Waals surface area contributed by atoms with Crippen molar-refractivity contribution in [2.45, 2.75) is 32.2 Å². The van der Waals surface area contributed by atoms with Crippen molar-refractivity contribution in [1.82, 2.24) is 0 Å². The molecule has 1 aliphatic carbocycles. The third-order valence-corrected chi connectivity index (χ3v) is 3.36. The molecule has 1 heteroatoms. The van der Waals surface area contributed by atoms with Crippen LogP contribution in [-0.4, -0.2) is 6.04 Å². The molecular formula is C13H19N. The van der Waals surface area contributed by atoms with E-state index < -0.39 is 0 Å². The van der Waals surface area contributed by atoms with E-state index in [1.807, 2.05) is 0 Å². The fourth-order valence-electron chi connectivity index (χ4n) is 2.04. The fourth-order valence-corrected chi connectivity index (χ4v) is 2.04. The molecule has 1 aliphatic rings. The molecular weight excluding hydrogens is 170 g/mol. The van der Waals surface area contributed by atoms with E-state index in [2.05, 4.69) is 37.3 Å². The van der Waals surface area contributed by atoms with Crippen molar-refractivity contribution in [2.24, 2.45) is 17.6 Å². The van der Waals surface area contributed by atoms with E-state index in [1.54, 1.807) is 0 Å². The first-order valence-corrected chi connectivity index (χ1v) is 5.57. The van der Waals surface area contributed by atoms with Crippen LogP contribution in [0.3, 0.4) is 0 Å². The molecule has 2 N–H and O–H groups in total. The molecule has 0 amide bonds. The van der Waals surface area contributed by atoms with Gasteiger partial charge < -0.3 is 5.73 Å². The largest absolute Gasteiger partial charge is 0.327 e. The van der Waals surface area contributed by atoms with E-state index in [9.17, 15) is 0 Å². The summed E-state index contributed by atoms with van der Waals surface area (Å²) in [7, 11) is 0. The molecule has 14 heavy (non-hydrogen) atoms. The maximum atomic E-state index is 6.19. The second kappa shape index (κ2) is 4.14. The van der Waals surface area contributed by atoms with E-state index in [0.717, 1.165) is 12.3 Å². The van der Waals surface area contributed by atoms with E-state index >= 15 is 0 Å². The molecule has 2 unspecified atom stereocenters. The average molecular weight is 189 g/mol. The highest BCUT2D eigenvalue weighted by atomic mass is 14.7. The number of nitrogens with two attached hydrogens (primary N) is 1. The van der Waals surface area contributed by atoms with Gasteiger partial charge in [-0.05, 0) is 36.7 Å². The molecule has 1 fully saturated rings. The van der Waals surface area contributed by atoms with Crippen molar-refractivity contribution in [1.29, 1.82) is 0 Å². The van der Waals surface area contributed by atoms with Gasteiger partial charge in [0.05, 0.1) is 0 Å². The van der Waals surface area contributed by atoms with Gasteiger partial charge in [0.1, 0.15) is 0 Å². The Morgan fingerprint density at radius 2 is 1.93 bits per heavy atom. The van der Waals surface area contributed by atoms with Crippen LogP contribution in [0, 0.1) is 11.8 Å². The summed E-state index contributed by atoms with van der Waals surface area (Å²) in [6, 6.07) is 10.9. The Labute approximate surface area is 86.3 Å². The second-order valence-electron chi connectivity index (χ2n) is 4.55. The summed E-state index contributed by atoms with van der Waals surface area (Å²) in [5.74, 6) is 1.60. The molecule has 2 rings (SSSR count). The minimum absolute atomic E-state index is 0.338. The van der Waals surface area contributed by atoms with Crippen LogP contribution in [0.2, 0.25) is 0 Å². The van der Waals surface area contributed by atoms with Crippen molar-refractivity contribution in [3.63, 3.8) is 0 Å². The van der Waals surface area contributed by atoms with Gasteiger partial charge in [0.25, 0.3) is 0 Å². The predicted octanol–water partition coefficient (Wildman–Crippen LogP) is 2.60. The lowest BCUT2D eigenvalue weighted by atomic mass is 9.92. The van der Waals surface area contributed by atoms with Gasteiger partial charge in [0.15, 0.2) is 0 Å². The SMILES string of the molecule is CC(C(N)Cc1ccccc1)C1CC1. The lowest BCUT2D eigenvalue weighted by molar-refractivity contribution is 0.404. The lowest BCUT2D eigenvalue weighted by Crippen LogP contribution is -2.31. The molecule has 1 aromatic rings. The molecule has 0 spiro atoms. The molecule has 2 atom stereocenters. The lowest BCUT2D eigenvalue weighted by Gasteiger charge is -2.19. The highest BCUT2D eigenvalue weighted by Crippen LogP contribution is 2.38. The van der Waals surface area contributed by atoms with Gasteiger partial charge in [0.2, 0.25) is 0 Å². The van der Waals surface area contributed by atoms with Gasteiger partial charge in [-0.3, -0.25) is 0 Å². The molecule has 1 nitrogen and oxygen atoms in total. The maximum Gasteiger partial charge on any atom is 0.0108 e. The van der Waals surface area contributed by atoms with Crippen LogP contribution < -0.4 is 5.73 Å². The van der Waals surface area contributed by atoms with Gasteiger partial charge >= 0.3 is 0 Å². The van der Waals surface area contributed by atoms with Gasteiger partial charge in [-0.2, -0.15) is 0 Å². The van der Waals surface area contributed by atoms with Crippen molar-refractivity contribution in [3.05, 3.63) is 35.9 Å². The first-order chi connectivity index (χ1) is 6.77. The van der Waals surface area contributed by atoms with Gasteiger partial charge in [-0.15, -0.1) is 0 Å². The summed E-state index contributed by atoms with van der Waals surface area (Å²) in [5.41, 5.74) is 7.56. The molecule has 0 aliphatic heterocycles. The zero-order valence-corrected chi connectivity index (χ0v) is 8.82. The number of benzene rings is 1. The van der Waals surface area contributed by atoms with E-state index in [-0.39, 0.29) is 0 Å². The molecule has 0 aromatic heterocycles. The summed E-state index contributed by atoms with van der Waals surface area (Å²) >= 11 is 0. The Hall–Kier alpha value is -0.820. The van der Waals surface area contributed by atoms with E-state index in [4.69, 9.17) is 5.73 Å². The van der Waals surface area contributed by atoms with Crippen molar-refractivity contribution in [2.75, 3.05) is 0 Å². The first-order valence-electron chi connectivity index (χ1n) is 5.57. The molecule has 0 saturated heterocycles. The normalized spacial score (nSPS) is 20.4. The van der Waals surface area contributed by atoms with Gasteiger partial charge in [-0.1, -0.05) is 37.3 Å². The van der Waals surface area contributed by atoms with Crippen LogP contribution in [0.25, 0.3) is 0 Å². The third kappa shape index (κ3) is 2.36. The first kappa shape index (κ1) is 9.72. The average Bonchev–Trinajstić information content (AvgIpc) is 3.01. The van der Waals surface area contributed by atoms with Crippen LogP contribution >= 0.6 is 0 Å². The highest BCUT2D eigenvalue weighted by molar-refractivity contribution is 5.16. The Balaban J connectivity index is 1.90. The van der Waals surface area contributed by atoms with E-state index in [0.29, 0.717) is 12.0 Å². The maximum absolute atomic E-state index is 6.19. The number of hydrogen-bond acceptors (Lipinski definition) is 1. The summed E-state index contributed by atoms with van der Waals surface area (Å²) in [5, 5.41) is 0. The van der Waals surface area contributed by atoms with Crippen LogP contribution in [-0.2, 0) is 6.42 Å². The van der Waals surface area contributed by atoms with Gasteiger partial charge in [0, 0.05) is 6.04 Å². The molecule has 1 saturated carbocycles. The molecule has 1 aromatic carbocycles. The third-order valence-electron chi connectivity index (χ3n) is 3.36. The zero-order chi connectivity index (χ0) is 9.97. The molecule has 76 valence electrons. The van der Waals surface area contributed by atoms with Crippen LogP contribution in [0.5, 0.6) is 0 Å². The summed E-state index contributed by atoms with van der Waals surface area (Å²) < 4.78 is 0. The van der Waals surface area contributed by atoms with E-state index in [1.165, 1.54) is 18.4 Å². The molecule has 0 bridgehead atoms. The summed E-state index contributed by atoms with van der Waals surface area (Å²) in [6.45, 7) is 2.30. The zero-order valence-electron chi connectivity index (χ0n) is 8.82. The van der Waals surface area contributed by atoms with Crippen LogP contribution in [0.4, 0.5) is 0 Å². The Kier molecular flexibility index (Phi) is 2.87. The van der Waals surface area contributed by atoms with Crippen LogP contribution in [0.1, 0.15) is 25.3 Å². The highest BCUT2D eigenvalue weighted by Gasteiger charge is 2.31. The quantitative estimate of drug-likeness (QED) is 0.774. The monoisotopic (exact) mass is 189 g/mol. The second-order valence-corrected chi connectivity index (χ2v) is 4.55. The van der Waals surface area contributed by atoms with Crippen LogP contribution in [0.15, 0.2) is 30.3 Å². The topological polar surface area (TPSA) is 26.0 Å². The fraction of sp³-hybridized carbons (Fsp3) is 0.538. The molecule has 0 heterocycles. The van der Waals surface area contributed by atoms with Crippen molar-refractivity contribution in [3.8, 4) is 0 Å². The Morgan fingerprint density at radius 1 is 1.29 bits per heavy atom. The van der Waals surface area contributed by atoms with Crippen molar-refractivity contribution < 1.29 is 0 Å². The minimum Gasteiger partial charge on any atom is -0.327 e. The predicted molar refractivity (Wildman–Crippen MR) is 60.0 cm³/mol. The van der Waals surface area contributed by atoms with Crippen molar-refractivity contribution >= 4 is 0 Å². The van der Waals surface area contributed by atoms with Gasteiger partial charge in [-0.25, -0.2) is 0 Å². The summed E-state index contributed by atoms with van der Waals surface area (Å²) in [4.78, 5) is 0. The number of hydrogen-bond donors (Lipinski definition) is 1. The Morgan fingerprint density at radius 3 is 2.50 bits per heavy atom. The Bertz CT molecular complexity index is 277. The number of rotatable bonds is 4. The standard InChI is InChI=1S/C13H19N/c1-10(12-7-8-12)13(14)9-11-5-3-2-4-6-11/h2-6,10,12-13H,7-9,14H2,1H3. The summed E-state index contributed by atoms with van der Waals surface area (Å²) in [6.07, 6.45) is 3.81.